The number of hydrogen-bond acceptors (Lipinski definition) is 3. The molecule has 0 spiro atoms. The van der Waals surface area contributed by atoms with Crippen LogP contribution < -0.4 is 0 Å². The Hall–Kier alpha value is 0.127. The highest BCUT2D eigenvalue weighted by Crippen LogP contribution is 2.12. The van der Waals surface area contributed by atoms with Crippen molar-refractivity contribution in [1.82, 2.24) is 0 Å². The lowest BCUT2D eigenvalue weighted by Gasteiger charge is -2.22. The number of allylic oxidation sites excluding steroid dienone is 1. The highest BCUT2D eigenvalue weighted by atomic mass is 35.5. The molecule has 0 rings (SSSR count). The van der Waals surface area contributed by atoms with Gasteiger partial charge in [-0.2, -0.15) is 0 Å². The normalized spacial score (nSPS) is 12.7. The van der Waals surface area contributed by atoms with Crippen LogP contribution in [0.3, 0.4) is 0 Å². The third kappa shape index (κ3) is 3.35. The minimum atomic E-state index is -2.41. The zero-order valence-corrected chi connectivity index (χ0v) is 8.72. The lowest BCUT2D eigenvalue weighted by atomic mass is 10.8. The molecule has 0 saturated carbocycles. The molecule has 0 atom stereocenters. The van der Waals surface area contributed by atoms with E-state index in [0.29, 0.717) is 6.04 Å². The first-order valence-electron chi connectivity index (χ1n) is 3.15. The lowest BCUT2D eigenvalue weighted by Crippen LogP contribution is -2.42. The predicted molar refractivity (Wildman–Crippen MR) is 46.6 cm³/mol. The molecule has 0 unspecified atom stereocenters. The molecule has 66 valence electrons. The van der Waals surface area contributed by atoms with Crippen molar-refractivity contribution in [3.05, 3.63) is 11.6 Å². The van der Waals surface area contributed by atoms with Crippen LogP contribution in [0.4, 0.5) is 0 Å². The summed E-state index contributed by atoms with van der Waals surface area (Å²) in [7, 11) is 2.30. The Morgan fingerprint density at radius 1 is 1.18 bits per heavy atom. The van der Waals surface area contributed by atoms with Crippen molar-refractivity contribution in [3.8, 4) is 0 Å². The van der Waals surface area contributed by atoms with E-state index >= 15 is 0 Å². The summed E-state index contributed by atoms with van der Waals surface area (Å²) in [5, 5.41) is 0. The SMILES string of the molecule is CO[Si](CC=CCl)(OC)OC. The Morgan fingerprint density at radius 3 is 1.91 bits per heavy atom. The largest absolute Gasteiger partial charge is 0.504 e. The maximum absolute atomic E-state index is 5.35. The average Bonchev–Trinajstić information content (AvgIpc) is 2.08. The Balaban J connectivity index is 4.04. The molecule has 0 aromatic carbocycles. The zero-order chi connectivity index (χ0) is 8.74. The van der Waals surface area contributed by atoms with E-state index in [0.717, 1.165) is 0 Å². The van der Waals surface area contributed by atoms with Crippen LogP contribution in [0.25, 0.3) is 0 Å². The third-order valence-electron chi connectivity index (χ3n) is 1.39. The van der Waals surface area contributed by atoms with Crippen molar-refractivity contribution in [2.45, 2.75) is 6.04 Å². The molecule has 3 nitrogen and oxygen atoms in total. The van der Waals surface area contributed by atoms with E-state index in [9.17, 15) is 0 Å². The summed E-state index contributed by atoms with van der Waals surface area (Å²) in [4.78, 5) is 0. The molecule has 0 aliphatic heterocycles. The van der Waals surface area contributed by atoms with Gasteiger partial charge in [0.15, 0.2) is 0 Å². The van der Waals surface area contributed by atoms with E-state index in [-0.39, 0.29) is 0 Å². The topological polar surface area (TPSA) is 27.7 Å². The molecular formula is C6H13ClO3Si. The van der Waals surface area contributed by atoms with Crippen LogP contribution in [-0.4, -0.2) is 30.1 Å². The highest BCUT2D eigenvalue weighted by molar-refractivity contribution is 6.61. The fourth-order valence-electron chi connectivity index (χ4n) is 0.689. The summed E-state index contributed by atoms with van der Waals surface area (Å²) in [6.45, 7) is 0. The molecule has 0 aromatic rings. The molecule has 0 aromatic heterocycles. The summed E-state index contributed by atoms with van der Waals surface area (Å²) in [5.74, 6) is 0. The van der Waals surface area contributed by atoms with Gasteiger partial charge in [-0.15, -0.1) is 0 Å². The van der Waals surface area contributed by atoms with Crippen molar-refractivity contribution < 1.29 is 13.3 Å². The Labute approximate surface area is 73.3 Å². The molecule has 5 heteroatoms. The third-order valence-corrected chi connectivity index (χ3v) is 4.17. The molecule has 0 aliphatic carbocycles. The Kier molecular flexibility index (Phi) is 5.80. The van der Waals surface area contributed by atoms with Gasteiger partial charge in [0.05, 0.1) is 0 Å². The van der Waals surface area contributed by atoms with Crippen molar-refractivity contribution in [3.63, 3.8) is 0 Å². The average molecular weight is 197 g/mol. The fourth-order valence-corrected chi connectivity index (χ4v) is 2.33. The van der Waals surface area contributed by atoms with E-state index < -0.39 is 8.80 Å². The lowest BCUT2D eigenvalue weighted by molar-refractivity contribution is 0.127. The highest BCUT2D eigenvalue weighted by Gasteiger charge is 2.35. The maximum atomic E-state index is 5.35. The predicted octanol–water partition coefficient (Wildman–Crippen LogP) is 1.62. The number of hydrogen-bond donors (Lipinski definition) is 0. The zero-order valence-electron chi connectivity index (χ0n) is 6.96. The fraction of sp³-hybridized carbons (Fsp3) is 0.667. The molecule has 0 amide bonds. The summed E-state index contributed by atoms with van der Waals surface area (Å²) in [6, 6.07) is 0.597. The molecular weight excluding hydrogens is 184 g/mol. The smallest absolute Gasteiger partial charge is 0.377 e. The van der Waals surface area contributed by atoms with E-state index in [4.69, 9.17) is 24.9 Å². The first-order chi connectivity index (χ1) is 5.24. The van der Waals surface area contributed by atoms with Crippen molar-refractivity contribution in [1.29, 1.82) is 0 Å². The molecule has 11 heavy (non-hydrogen) atoms. The minimum Gasteiger partial charge on any atom is -0.377 e. The van der Waals surface area contributed by atoms with E-state index in [1.54, 1.807) is 27.4 Å². The van der Waals surface area contributed by atoms with Crippen LogP contribution in [0.1, 0.15) is 0 Å². The van der Waals surface area contributed by atoms with Gasteiger partial charge >= 0.3 is 8.80 Å². The van der Waals surface area contributed by atoms with Crippen molar-refractivity contribution in [2.75, 3.05) is 21.3 Å². The summed E-state index contributed by atoms with van der Waals surface area (Å²) < 4.78 is 15.4. The molecule has 0 fully saturated rings. The molecule has 0 aliphatic rings. The van der Waals surface area contributed by atoms with E-state index in [2.05, 4.69) is 0 Å². The summed E-state index contributed by atoms with van der Waals surface area (Å²) in [5.41, 5.74) is 1.43. The summed E-state index contributed by atoms with van der Waals surface area (Å²) >= 11 is 5.35. The maximum Gasteiger partial charge on any atom is 0.504 e. The van der Waals surface area contributed by atoms with Gasteiger partial charge in [0.2, 0.25) is 0 Å². The van der Waals surface area contributed by atoms with Gasteiger partial charge in [-0.05, 0) is 0 Å². The van der Waals surface area contributed by atoms with Gasteiger partial charge in [0.25, 0.3) is 0 Å². The molecule has 0 bridgehead atoms. The van der Waals surface area contributed by atoms with E-state index in [1.165, 1.54) is 5.54 Å². The molecule has 0 radical (unpaired) electrons. The summed E-state index contributed by atoms with van der Waals surface area (Å²) in [6.07, 6.45) is 1.75. The van der Waals surface area contributed by atoms with Crippen molar-refractivity contribution in [2.24, 2.45) is 0 Å². The second kappa shape index (κ2) is 5.74. The Bertz CT molecular complexity index is 117. The van der Waals surface area contributed by atoms with Crippen LogP contribution in [0.5, 0.6) is 0 Å². The van der Waals surface area contributed by atoms with Gasteiger partial charge in [-0.3, -0.25) is 0 Å². The second-order valence-corrected chi connectivity index (χ2v) is 5.11. The van der Waals surface area contributed by atoms with Crippen LogP contribution in [0, 0.1) is 0 Å². The van der Waals surface area contributed by atoms with E-state index in [1.807, 2.05) is 0 Å². The van der Waals surface area contributed by atoms with Gasteiger partial charge in [0, 0.05) is 32.9 Å². The van der Waals surface area contributed by atoms with Gasteiger partial charge in [-0.25, -0.2) is 0 Å². The van der Waals surface area contributed by atoms with Crippen LogP contribution in [0.2, 0.25) is 6.04 Å². The minimum absolute atomic E-state index is 0.597. The van der Waals surface area contributed by atoms with Gasteiger partial charge in [-0.1, -0.05) is 17.7 Å². The molecule has 0 N–H and O–H groups in total. The van der Waals surface area contributed by atoms with Gasteiger partial charge in [0.1, 0.15) is 0 Å². The van der Waals surface area contributed by atoms with Crippen LogP contribution in [-0.2, 0) is 13.3 Å². The number of halogens is 1. The first-order valence-corrected chi connectivity index (χ1v) is 5.52. The van der Waals surface area contributed by atoms with Crippen LogP contribution in [0.15, 0.2) is 11.6 Å². The molecule has 0 heterocycles. The Morgan fingerprint density at radius 2 is 1.64 bits per heavy atom. The first kappa shape index (κ1) is 11.1. The van der Waals surface area contributed by atoms with Crippen molar-refractivity contribution >= 4 is 20.4 Å². The second-order valence-electron chi connectivity index (χ2n) is 1.86. The standard InChI is InChI=1S/C6H13ClO3Si/c1-8-11(9-2,10-3)6-4-5-7/h4-5H,6H2,1-3H3. The van der Waals surface area contributed by atoms with Gasteiger partial charge < -0.3 is 13.3 Å². The quantitative estimate of drug-likeness (QED) is 0.626. The monoisotopic (exact) mass is 196 g/mol. The van der Waals surface area contributed by atoms with Crippen LogP contribution >= 0.6 is 11.6 Å². The molecule has 0 saturated heterocycles. The number of rotatable bonds is 5.